The maximum absolute atomic E-state index is 12.3. The van der Waals surface area contributed by atoms with Crippen LogP contribution in [0.15, 0.2) is 27.8 Å². The van der Waals surface area contributed by atoms with Crippen molar-refractivity contribution in [3.8, 4) is 0 Å². The molecule has 0 spiro atoms. The summed E-state index contributed by atoms with van der Waals surface area (Å²) in [6.45, 7) is 14.4. The van der Waals surface area contributed by atoms with Gasteiger partial charge in [0.1, 0.15) is 17.0 Å². The molecule has 0 radical (unpaired) electrons. The minimum Gasteiger partial charge on any atom is -0.466 e. The Morgan fingerprint density at radius 2 is 1.83 bits per heavy atom. The van der Waals surface area contributed by atoms with Crippen LogP contribution >= 0.6 is 0 Å². The lowest BCUT2D eigenvalue weighted by Crippen LogP contribution is -2.57. The van der Waals surface area contributed by atoms with E-state index in [1.54, 1.807) is 19.1 Å². The average molecular weight is 411 g/mol. The van der Waals surface area contributed by atoms with Crippen molar-refractivity contribution >= 4 is 12.1 Å². The van der Waals surface area contributed by atoms with Crippen molar-refractivity contribution in [1.82, 2.24) is 16.0 Å². The van der Waals surface area contributed by atoms with Crippen molar-refractivity contribution in [3.05, 3.63) is 24.2 Å². The third-order valence-corrected chi connectivity index (χ3v) is 4.66. The molecular formula is C21H38N4O4. The van der Waals surface area contributed by atoms with Crippen LogP contribution in [0.4, 0.5) is 4.79 Å². The Morgan fingerprint density at radius 3 is 2.31 bits per heavy atom. The Kier molecular flexibility index (Phi) is 9.01. The third-order valence-electron chi connectivity index (χ3n) is 4.66. The number of aliphatic hydroxyl groups is 1. The van der Waals surface area contributed by atoms with Gasteiger partial charge < -0.3 is 30.2 Å². The molecule has 0 saturated heterocycles. The number of alkyl carbamates (subject to hydrolysis) is 1. The molecule has 8 nitrogen and oxygen atoms in total. The Morgan fingerprint density at radius 1 is 1.17 bits per heavy atom. The number of nitrogens with one attached hydrogen (secondary N) is 3. The van der Waals surface area contributed by atoms with Crippen molar-refractivity contribution in [2.75, 3.05) is 19.6 Å². The van der Waals surface area contributed by atoms with E-state index in [1.807, 2.05) is 41.5 Å². The average Bonchev–Trinajstić information content (AvgIpc) is 3.17. The van der Waals surface area contributed by atoms with Gasteiger partial charge in [-0.2, -0.15) is 0 Å². The van der Waals surface area contributed by atoms with Crippen LogP contribution < -0.4 is 16.0 Å². The molecule has 0 saturated carbocycles. The van der Waals surface area contributed by atoms with Crippen LogP contribution in [-0.2, 0) is 10.3 Å². The molecule has 0 bridgehead atoms. The second-order valence-corrected chi connectivity index (χ2v) is 8.41. The van der Waals surface area contributed by atoms with Crippen molar-refractivity contribution in [1.29, 1.82) is 0 Å². The van der Waals surface area contributed by atoms with Crippen LogP contribution in [0.1, 0.15) is 67.1 Å². The van der Waals surface area contributed by atoms with Gasteiger partial charge in [-0.15, -0.1) is 0 Å². The molecule has 1 rings (SSSR count). The summed E-state index contributed by atoms with van der Waals surface area (Å²) in [5, 5.41) is 20.1. The first kappa shape index (κ1) is 24.8. The van der Waals surface area contributed by atoms with Crippen molar-refractivity contribution in [2.45, 2.75) is 78.0 Å². The summed E-state index contributed by atoms with van der Waals surface area (Å²) in [4.78, 5) is 16.8. The molecule has 1 heterocycles. The topological polar surface area (TPSA) is 108 Å². The van der Waals surface area contributed by atoms with Gasteiger partial charge >= 0.3 is 6.09 Å². The summed E-state index contributed by atoms with van der Waals surface area (Å²) < 4.78 is 10.7. The van der Waals surface area contributed by atoms with E-state index in [4.69, 9.17) is 9.15 Å². The summed E-state index contributed by atoms with van der Waals surface area (Å²) in [6.07, 6.45) is 2.53. The van der Waals surface area contributed by atoms with Gasteiger partial charge in [-0.25, -0.2) is 9.79 Å². The smallest absolute Gasteiger partial charge is 0.408 e. The Hall–Kier alpha value is -2.22. The molecule has 166 valence electrons. The van der Waals surface area contributed by atoms with Crippen LogP contribution in [0.25, 0.3) is 0 Å². The standard InChI is InChI=1S/C21H38N4O4/c1-8-21(9-2,25-18(26)29-19(4,5)6)15-24-17(22-10-3)23-14-20(7,27)16-12-11-13-28-16/h11-13,27H,8-10,14-15H2,1-7H3,(H,25,26)(H2,22,23,24). The van der Waals surface area contributed by atoms with Gasteiger partial charge in [0.15, 0.2) is 5.96 Å². The van der Waals surface area contributed by atoms with Crippen LogP contribution in [0, 0.1) is 0 Å². The maximum atomic E-state index is 12.3. The highest BCUT2D eigenvalue weighted by molar-refractivity contribution is 5.80. The second kappa shape index (κ2) is 10.5. The Bertz CT molecular complexity index is 644. The fraction of sp³-hybridized carbons (Fsp3) is 0.714. The van der Waals surface area contributed by atoms with Crippen LogP contribution in [-0.4, -0.2) is 47.9 Å². The fourth-order valence-corrected chi connectivity index (χ4v) is 2.73. The molecule has 4 N–H and O–H groups in total. The van der Waals surface area contributed by atoms with Crippen molar-refractivity contribution < 1.29 is 19.1 Å². The summed E-state index contributed by atoms with van der Waals surface area (Å²) in [7, 11) is 0. The molecule has 0 aliphatic heterocycles. The number of carbonyl (C=O) groups is 1. The lowest BCUT2D eigenvalue weighted by molar-refractivity contribution is 0.0437. The number of amides is 1. The molecule has 1 atom stereocenters. The van der Waals surface area contributed by atoms with Gasteiger partial charge in [0.2, 0.25) is 0 Å². The molecule has 8 heteroatoms. The normalized spacial score (nSPS) is 14.8. The summed E-state index contributed by atoms with van der Waals surface area (Å²) in [6, 6.07) is 3.45. The van der Waals surface area contributed by atoms with E-state index in [0.717, 1.165) is 12.8 Å². The number of hydrogen-bond donors (Lipinski definition) is 4. The van der Waals surface area contributed by atoms with Gasteiger partial charge in [-0.05, 0) is 59.6 Å². The van der Waals surface area contributed by atoms with Crippen molar-refractivity contribution in [3.63, 3.8) is 0 Å². The number of carbonyl (C=O) groups excluding carboxylic acids is 1. The first-order valence-electron chi connectivity index (χ1n) is 10.3. The first-order valence-corrected chi connectivity index (χ1v) is 10.3. The van der Waals surface area contributed by atoms with Gasteiger partial charge in [-0.1, -0.05) is 13.8 Å². The van der Waals surface area contributed by atoms with Gasteiger partial charge in [0, 0.05) is 13.1 Å². The number of hydrogen-bond acceptors (Lipinski definition) is 5. The highest BCUT2D eigenvalue weighted by Crippen LogP contribution is 2.21. The number of rotatable bonds is 9. The van der Waals surface area contributed by atoms with E-state index in [-0.39, 0.29) is 6.54 Å². The highest BCUT2D eigenvalue weighted by atomic mass is 16.6. The van der Waals surface area contributed by atoms with Crippen molar-refractivity contribution in [2.24, 2.45) is 4.99 Å². The molecule has 1 aromatic heterocycles. The third kappa shape index (κ3) is 8.35. The monoisotopic (exact) mass is 410 g/mol. The van der Waals surface area contributed by atoms with E-state index in [1.165, 1.54) is 6.26 Å². The summed E-state index contributed by atoms with van der Waals surface area (Å²) in [5.74, 6) is 1.01. The minimum absolute atomic E-state index is 0.126. The lowest BCUT2D eigenvalue weighted by atomic mass is 9.93. The highest BCUT2D eigenvalue weighted by Gasteiger charge is 2.31. The minimum atomic E-state index is -1.22. The lowest BCUT2D eigenvalue weighted by Gasteiger charge is -2.34. The fourth-order valence-electron chi connectivity index (χ4n) is 2.73. The van der Waals surface area contributed by atoms with Gasteiger partial charge in [0.05, 0.1) is 18.3 Å². The van der Waals surface area contributed by atoms with E-state index in [0.29, 0.717) is 24.8 Å². The predicted octanol–water partition coefficient (Wildman–Crippen LogP) is 3.13. The molecule has 0 aromatic carbocycles. The zero-order valence-corrected chi connectivity index (χ0v) is 18.9. The summed E-state index contributed by atoms with van der Waals surface area (Å²) in [5.41, 5.74) is -2.26. The summed E-state index contributed by atoms with van der Waals surface area (Å²) >= 11 is 0. The second-order valence-electron chi connectivity index (χ2n) is 8.41. The largest absolute Gasteiger partial charge is 0.466 e. The molecule has 1 unspecified atom stereocenters. The SMILES string of the molecule is CCNC(=NCC(C)(O)c1ccco1)NCC(CC)(CC)NC(=O)OC(C)(C)C. The zero-order valence-electron chi connectivity index (χ0n) is 18.9. The number of aliphatic imine (C=N–C) groups is 1. The predicted molar refractivity (Wildman–Crippen MR) is 115 cm³/mol. The molecule has 0 fully saturated rings. The molecule has 0 aliphatic rings. The van der Waals surface area contributed by atoms with Gasteiger partial charge in [-0.3, -0.25) is 0 Å². The number of nitrogens with zero attached hydrogens (tertiary/aromatic N) is 1. The Balaban J connectivity index is 2.83. The van der Waals surface area contributed by atoms with Crippen LogP contribution in [0.5, 0.6) is 0 Å². The van der Waals surface area contributed by atoms with E-state index in [9.17, 15) is 9.90 Å². The van der Waals surface area contributed by atoms with Crippen LogP contribution in [0.3, 0.4) is 0 Å². The molecule has 1 aromatic rings. The number of guanidine groups is 1. The molecular weight excluding hydrogens is 372 g/mol. The number of ether oxygens (including phenoxy) is 1. The van der Waals surface area contributed by atoms with Crippen LogP contribution in [0.2, 0.25) is 0 Å². The maximum Gasteiger partial charge on any atom is 0.408 e. The first-order chi connectivity index (χ1) is 13.5. The molecule has 29 heavy (non-hydrogen) atoms. The zero-order chi connectivity index (χ0) is 22.1. The molecule has 1 amide bonds. The molecule has 0 aliphatic carbocycles. The quantitative estimate of drug-likeness (QED) is 0.368. The number of furan rings is 1. The van der Waals surface area contributed by atoms with E-state index >= 15 is 0 Å². The Labute approximate surface area is 174 Å². The van der Waals surface area contributed by atoms with Gasteiger partial charge in [0.25, 0.3) is 0 Å². The van der Waals surface area contributed by atoms with E-state index in [2.05, 4.69) is 20.9 Å². The van der Waals surface area contributed by atoms with E-state index < -0.39 is 22.8 Å².